The minimum absolute atomic E-state index is 0.158. The number of rotatable bonds is 4. The van der Waals surface area contributed by atoms with E-state index < -0.39 is 0 Å². The zero-order valence-electron chi connectivity index (χ0n) is 13.8. The van der Waals surface area contributed by atoms with Crippen LogP contribution >= 0.6 is 0 Å². The van der Waals surface area contributed by atoms with Crippen LogP contribution in [0.2, 0.25) is 0 Å². The molecule has 1 saturated heterocycles. The molecule has 2 aromatic carbocycles. The Morgan fingerprint density at radius 1 is 1.00 bits per heavy atom. The second-order valence-electron chi connectivity index (χ2n) is 5.91. The largest absolute Gasteiger partial charge is 0.508 e. The summed E-state index contributed by atoms with van der Waals surface area (Å²) in [6, 6.07) is 14.8. The van der Waals surface area contributed by atoms with Crippen LogP contribution in [0.4, 0.5) is 5.69 Å². The molecule has 1 heterocycles. The fourth-order valence-electron chi connectivity index (χ4n) is 2.91. The van der Waals surface area contributed by atoms with Crippen molar-refractivity contribution >= 4 is 11.6 Å². The van der Waals surface area contributed by atoms with Gasteiger partial charge in [-0.05, 0) is 42.0 Å². The average molecular weight is 326 g/mol. The van der Waals surface area contributed by atoms with Crippen molar-refractivity contribution < 1.29 is 14.6 Å². The second-order valence-corrected chi connectivity index (χ2v) is 5.91. The van der Waals surface area contributed by atoms with E-state index in [-0.39, 0.29) is 11.7 Å². The Balaban J connectivity index is 1.53. The summed E-state index contributed by atoms with van der Waals surface area (Å²) in [7, 11) is 1.63. The van der Waals surface area contributed by atoms with Gasteiger partial charge < -0.3 is 19.6 Å². The third-order valence-corrected chi connectivity index (χ3v) is 4.36. The number of aromatic hydroxyl groups is 1. The van der Waals surface area contributed by atoms with Gasteiger partial charge in [-0.25, -0.2) is 0 Å². The van der Waals surface area contributed by atoms with Crippen molar-refractivity contribution in [1.29, 1.82) is 0 Å². The molecule has 2 aromatic rings. The number of hydrogen-bond acceptors (Lipinski definition) is 4. The number of methoxy groups -OCH3 is 1. The molecule has 0 unspecified atom stereocenters. The molecule has 1 fully saturated rings. The van der Waals surface area contributed by atoms with Gasteiger partial charge in [0.2, 0.25) is 5.91 Å². The number of amides is 1. The molecule has 0 spiro atoms. The summed E-state index contributed by atoms with van der Waals surface area (Å²) in [4.78, 5) is 16.6. The highest BCUT2D eigenvalue weighted by atomic mass is 16.5. The smallest absolute Gasteiger partial charge is 0.227 e. The molecule has 0 radical (unpaired) electrons. The maximum atomic E-state index is 12.5. The molecule has 5 heteroatoms. The number of anilines is 1. The quantitative estimate of drug-likeness (QED) is 0.937. The molecule has 0 aromatic heterocycles. The van der Waals surface area contributed by atoms with Crippen LogP contribution in [-0.4, -0.2) is 49.2 Å². The first kappa shape index (κ1) is 16.2. The van der Waals surface area contributed by atoms with Gasteiger partial charge in [0.05, 0.1) is 13.5 Å². The minimum Gasteiger partial charge on any atom is -0.508 e. The van der Waals surface area contributed by atoms with Crippen molar-refractivity contribution in [2.45, 2.75) is 6.42 Å². The highest BCUT2D eigenvalue weighted by Crippen LogP contribution is 2.20. The Morgan fingerprint density at radius 2 is 1.62 bits per heavy atom. The van der Waals surface area contributed by atoms with Gasteiger partial charge in [-0.15, -0.1) is 0 Å². The van der Waals surface area contributed by atoms with E-state index in [0.29, 0.717) is 6.42 Å². The fraction of sp³-hybridized carbons (Fsp3) is 0.316. The molecule has 5 nitrogen and oxygen atoms in total. The second kappa shape index (κ2) is 7.25. The van der Waals surface area contributed by atoms with Crippen LogP contribution in [0, 0.1) is 0 Å². The number of phenolic OH excluding ortho intramolecular Hbond substituents is 1. The maximum Gasteiger partial charge on any atom is 0.227 e. The van der Waals surface area contributed by atoms with Crippen molar-refractivity contribution in [2.75, 3.05) is 38.2 Å². The van der Waals surface area contributed by atoms with E-state index >= 15 is 0 Å². The lowest BCUT2D eigenvalue weighted by molar-refractivity contribution is -0.130. The number of carbonyl (C=O) groups excluding carboxylic acids is 1. The van der Waals surface area contributed by atoms with Gasteiger partial charge in [0.25, 0.3) is 0 Å². The first-order chi connectivity index (χ1) is 11.7. The zero-order chi connectivity index (χ0) is 16.9. The molecule has 0 bridgehead atoms. The molecule has 126 valence electrons. The summed E-state index contributed by atoms with van der Waals surface area (Å²) in [6.07, 6.45) is 0.420. The molecule has 0 aliphatic carbocycles. The van der Waals surface area contributed by atoms with Gasteiger partial charge in [-0.2, -0.15) is 0 Å². The molecule has 0 saturated carbocycles. The lowest BCUT2D eigenvalue weighted by Gasteiger charge is -2.36. The lowest BCUT2D eigenvalue weighted by atomic mass is 10.1. The Kier molecular flexibility index (Phi) is 4.89. The zero-order valence-corrected chi connectivity index (χ0v) is 13.8. The number of nitrogens with zero attached hydrogens (tertiary/aromatic N) is 2. The maximum absolute atomic E-state index is 12.5. The van der Waals surface area contributed by atoms with Gasteiger partial charge in [0.15, 0.2) is 0 Å². The summed E-state index contributed by atoms with van der Waals surface area (Å²) >= 11 is 0. The van der Waals surface area contributed by atoms with E-state index in [1.807, 2.05) is 41.3 Å². The molecule has 1 amide bonds. The van der Waals surface area contributed by atoms with Gasteiger partial charge in [0.1, 0.15) is 11.5 Å². The van der Waals surface area contributed by atoms with Gasteiger partial charge in [-0.1, -0.05) is 12.1 Å². The highest BCUT2D eigenvalue weighted by Gasteiger charge is 2.21. The SMILES string of the molecule is COc1ccc(CC(=O)N2CCN(c3ccc(O)cc3)CC2)cc1. The van der Waals surface area contributed by atoms with Crippen LogP contribution in [-0.2, 0) is 11.2 Å². The van der Waals surface area contributed by atoms with Gasteiger partial charge in [0, 0.05) is 31.9 Å². The summed E-state index contributed by atoms with van der Waals surface area (Å²) in [5, 5.41) is 9.36. The molecule has 1 aliphatic rings. The Hall–Kier alpha value is -2.69. The number of piperazine rings is 1. The summed E-state index contributed by atoms with van der Waals surface area (Å²) in [5.74, 6) is 1.23. The van der Waals surface area contributed by atoms with Gasteiger partial charge >= 0.3 is 0 Å². The van der Waals surface area contributed by atoms with E-state index in [0.717, 1.165) is 43.2 Å². The number of benzene rings is 2. The summed E-state index contributed by atoms with van der Waals surface area (Å²) in [6.45, 7) is 3.05. The standard InChI is InChI=1S/C19H22N2O3/c1-24-18-8-2-15(3-9-18)14-19(23)21-12-10-20(11-13-21)16-4-6-17(22)7-5-16/h2-9,22H,10-14H2,1H3. The van der Waals surface area contributed by atoms with Crippen LogP contribution in [0.15, 0.2) is 48.5 Å². The van der Waals surface area contributed by atoms with Crippen molar-refractivity contribution in [3.63, 3.8) is 0 Å². The Bertz CT molecular complexity index is 675. The van der Waals surface area contributed by atoms with Crippen LogP contribution in [0.5, 0.6) is 11.5 Å². The number of ether oxygens (including phenoxy) is 1. The number of carbonyl (C=O) groups is 1. The number of phenols is 1. The first-order valence-corrected chi connectivity index (χ1v) is 8.10. The molecule has 3 rings (SSSR count). The molecule has 1 aliphatic heterocycles. The van der Waals surface area contributed by atoms with Crippen molar-refractivity contribution in [2.24, 2.45) is 0 Å². The van der Waals surface area contributed by atoms with Crippen molar-refractivity contribution in [3.05, 3.63) is 54.1 Å². The van der Waals surface area contributed by atoms with Crippen molar-refractivity contribution in [3.8, 4) is 11.5 Å². The topological polar surface area (TPSA) is 53.0 Å². The van der Waals surface area contributed by atoms with Gasteiger partial charge in [-0.3, -0.25) is 4.79 Å². The molecule has 0 atom stereocenters. The fourth-order valence-corrected chi connectivity index (χ4v) is 2.91. The van der Waals surface area contributed by atoms with Crippen LogP contribution in [0.25, 0.3) is 0 Å². The van der Waals surface area contributed by atoms with E-state index in [1.54, 1.807) is 19.2 Å². The molecular weight excluding hydrogens is 304 g/mol. The predicted octanol–water partition coefficient (Wildman–Crippen LogP) is 2.29. The van der Waals surface area contributed by atoms with Crippen LogP contribution in [0.3, 0.4) is 0 Å². The van der Waals surface area contributed by atoms with E-state index in [2.05, 4.69) is 4.90 Å². The summed E-state index contributed by atoms with van der Waals surface area (Å²) < 4.78 is 5.14. The minimum atomic E-state index is 0.158. The van der Waals surface area contributed by atoms with E-state index in [4.69, 9.17) is 4.74 Å². The third-order valence-electron chi connectivity index (χ3n) is 4.36. The monoisotopic (exact) mass is 326 g/mol. The van der Waals surface area contributed by atoms with Crippen molar-refractivity contribution in [1.82, 2.24) is 4.90 Å². The third kappa shape index (κ3) is 3.79. The lowest BCUT2D eigenvalue weighted by Crippen LogP contribution is -2.49. The average Bonchev–Trinajstić information content (AvgIpc) is 2.63. The Labute approximate surface area is 142 Å². The summed E-state index contributed by atoms with van der Waals surface area (Å²) in [5.41, 5.74) is 2.08. The highest BCUT2D eigenvalue weighted by molar-refractivity contribution is 5.79. The van der Waals surface area contributed by atoms with E-state index in [1.165, 1.54) is 0 Å². The normalized spacial score (nSPS) is 14.5. The first-order valence-electron chi connectivity index (χ1n) is 8.10. The molecule has 24 heavy (non-hydrogen) atoms. The molecular formula is C19H22N2O3. The van der Waals surface area contributed by atoms with E-state index in [9.17, 15) is 9.90 Å². The Morgan fingerprint density at radius 3 is 2.21 bits per heavy atom. The predicted molar refractivity (Wildman–Crippen MR) is 93.6 cm³/mol. The van der Waals surface area contributed by atoms with Crippen LogP contribution in [0.1, 0.15) is 5.56 Å². The number of hydrogen-bond donors (Lipinski definition) is 1. The van der Waals surface area contributed by atoms with Crippen LogP contribution < -0.4 is 9.64 Å². The molecule has 1 N–H and O–H groups in total.